The number of nitrogens with one attached hydrogen (secondary N) is 1. The molecule has 0 radical (unpaired) electrons. The number of carbonyl (C=O) groups is 2. The number of hydrogen-bond donors (Lipinski definition) is 2. The van der Waals surface area contributed by atoms with Crippen LogP contribution in [0.1, 0.15) is 54.4 Å². The molecule has 0 bridgehead atoms. The van der Waals surface area contributed by atoms with Crippen molar-refractivity contribution in [3.63, 3.8) is 0 Å². The summed E-state index contributed by atoms with van der Waals surface area (Å²) in [5.41, 5.74) is 8.16. The van der Waals surface area contributed by atoms with Gasteiger partial charge in [0.2, 0.25) is 0 Å². The molecule has 9 heteroatoms. The number of anilines is 1. The topological polar surface area (TPSA) is 91.1 Å². The molecule has 2 aromatic rings. The third-order valence-electron chi connectivity index (χ3n) is 10.7. The lowest BCUT2D eigenvalue weighted by Gasteiger charge is -2.53. The van der Waals surface area contributed by atoms with Gasteiger partial charge in [-0.25, -0.2) is 9.18 Å². The maximum atomic E-state index is 14.8. The predicted octanol–water partition coefficient (Wildman–Crippen LogP) is 4.24. The number of ether oxygens (including phenoxy) is 1. The quantitative estimate of drug-likeness (QED) is 0.430. The summed E-state index contributed by atoms with van der Waals surface area (Å²) in [4.78, 5) is 31.3. The summed E-state index contributed by atoms with van der Waals surface area (Å²) in [6.07, 6.45) is 5.11. The normalized spacial score (nSPS) is 25.0. The Bertz CT molecular complexity index is 1270. The second-order valence-corrected chi connectivity index (χ2v) is 13.2. The van der Waals surface area contributed by atoms with Gasteiger partial charge in [0.25, 0.3) is 5.91 Å². The maximum absolute atomic E-state index is 14.8. The van der Waals surface area contributed by atoms with Crippen LogP contribution in [0.4, 0.5) is 14.9 Å². The van der Waals surface area contributed by atoms with E-state index in [2.05, 4.69) is 26.1 Å². The first-order valence-electron chi connectivity index (χ1n) is 16.1. The number of benzene rings is 2. The zero-order valence-electron chi connectivity index (χ0n) is 25.3. The number of likely N-dealkylation sites (tertiary alicyclic amines) is 2. The number of piperidine rings is 1. The SMILES string of the molecule is CNC(=O)c1ccc(N2CC(CN3CCC([C@@](CN4CCC4)(c4cccc(F)c4)[C@H]4CCC[C@@H]4OC(N)=O)CC3)C2)cc1. The number of amides is 2. The average molecular weight is 592 g/mol. The molecular formula is C34H46FN5O3. The minimum absolute atomic E-state index is 0.0634. The van der Waals surface area contributed by atoms with E-state index in [0.717, 1.165) is 95.7 Å². The van der Waals surface area contributed by atoms with Crippen molar-refractivity contribution in [2.75, 3.05) is 64.3 Å². The van der Waals surface area contributed by atoms with Crippen molar-refractivity contribution < 1.29 is 18.7 Å². The molecule has 3 heterocycles. The zero-order chi connectivity index (χ0) is 30.0. The fourth-order valence-corrected chi connectivity index (χ4v) is 8.44. The van der Waals surface area contributed by atoms with Gasteiger partial charge in [0.15, 0.2) is 0 Å². The zero-order valence-corrected chi connectivity index (χ0v) is 25.3. The van der Waals surface area contributed by atoms with E-state index in [1.54, 1.807) is 13.1 Å². The summed E-state index contributed by atoms with van der Waals surface area (Å²) >= 11 is 0. The van der Waals surface area contributed by atoms with Gasteiger partial charge in [-0.1, -0.05) is 12.1 Å². The Morgan fingerprint density at radius 1 is 0.977 bits per heavy atom. The molecule has 0 spiro atoms. The standard InChI is InChI=1S/C34H46FN5O3/c1-37-32(41)25-9-11-29(12-10-25)40-21-24(22-40)20-38-17-13-26(14-18-38)34(23-39-15-4-16-39,27-5-2-6-28(35)19-27)30-7-3-8-31(30)43-33(36)42/h2,5-6,9-12,19,24,26,30-31H,3-4,7-8,13-18,20-23H2,1H3,(H2,36,42)(H,37,41)/t30-,31-,34-/m0/s1. The highest BCUT2D eigenvalue weighted by atomic mass is 19.1. The lowest BCUT2D eigenvalue weighted by molar-refractivity contribution is -0.0145. The first kappa shape index (κ1) is 29.9. The molecule has 3 atom stereocenters. The van der Waals surface area contributed by atoms with E-state index in [1.807, 2.05) is 30.3 Å². The smallest absolute Gasteiger partial charge is 0.404 e. The highest BCUT2D eigenvalue weighted by molar-refractivity contribution is 5.94. The number of nitrogens with zero attached hydrogens (tertiary/aromatic N) is 3. The van der Waals surface area contributed by atoms with Crippen LogP contribution < -0.4 is 16.0 Å². The van der Waals surface area contributed by atoms with Gasteiger partial charge in [0.05, 0.1) is 0 Å². The Kier molecular flexibility index (Phi) is 8.91. The first-order valence-corrected chi connectivity index (χ1v) is 16.1. The molecule has 0 aromatic heterocycles. The van der Waals surface area contributed by atoms with E-state index in [1.165, 1.54) is 12.5 Å². The van der Waals surface area contributed by atoms with Crippen LogP contribution in [0.3, 0.4) is 0 Å². The van der Waals surface area contributed by atoms with Gasteiger partial charge >= 0.3 is 6.09 Å². The van der Waals surface area contributed by atoms with Crippen LogP contribution in [-0.2, 0) is 10.2 Å². The lowest BCUT2D eigenvalue weighted by Crippen LogP contribution is -2.58. The summed E-state index contributed by atoms with van der Waals surface area (Å²) in [6, 6.07) is 15.1. The summed E-state index contributed by atoms with van der Waals surface area (Å²) in [5, 5.41) is 2.67. The van der Waals surface area contributed by atoms with Crippen molar-refractivity contribution in [2.45, 2.75) is 50.0 Å². The fourth-order valence-electron chi connectivity index (χ4n) is 8.44. The first-order chi connectivity index (χ1) is 20.9. The molecule has 2 amide bonds. The summed E-state index contributed by atoms with van der Waals surface area (Å²) in [7, 11) is 1.65. The Hall–Kier alpha value is -3.17. The second kappa shape index (κ2) is 12.8. The van der Waals surface area contributed by atoms with E-state index in [4.69, 9.17) is 10.5 Å². The van der Waals surface area contributed by atoms with Crippen molar-refractivity contribution in [1.82, 2.24) is 15.1 Å². The number of nitrogens with two attached hydrogens (primary N) is 1. The molecular weight excluding hydrogens is 545 g/mol. The van der Waals surface area contributed by atoms with Gasteiger partial charge in [-0.05, 0) is 113 Å². The molecule has 1 saturated carbocycles. The summed E-state index contributed by atoms with van der Waals surface area (Å²) in [6.45, 7) is 8.18. The molecule has 0 unspecified atom stereocenters. The number of carbonyl (C=O) groups excluding carboxylic acids is 2. The fraction of sp³-hybridized carbons (Fsp3) is 0.588. The largest absolute Gasteiger partial charge is 0.446 e. The van der Waals surface area contributed by atoms with Gasteiger partial charge in [0, 0.05) is 61.7 Å². The molecule has 3 saturated heterocycles. The number of halogens is 1. The third-order valence-corrected chi connectivity index (χ3v) is 10.7. The summed E-state index contributed by atoms with van der Waals surface area (Å²) < 4.78 is 20.6. The Morgan fingerprint density at radius 3 is 2.35 bits per heavy atom. The van der Waals surface area contributed by atoms with E-state index < -0.39 is 6.09 Å². The highest BCUT2D eigenvalue weighted by Crippen LogP contribution is 2.52. The lowest BCUT2D eigenvalue weighted by atomic mass is 9.58. The van der Waals surface area contributed by atoms with Crippen LogP contribution in [0, 0.1) is 23.6 Å². The summed E-state index contributed by atoms with van der Waals surface area (Å²) in [5.74, 6) is 0.837. The van der Waals surface area contributed by atoms with Crippen LogP contribution in [0.5, 0.6) is 0 Å². The van der Waals surface area contributed by atoms with Crippen LogP contribution in [-0.4, -0.2) is 87.3 Å². The van der Waals surface area contributed by atoms with E-state index >= 15 is 0 Å². The molecule has 4 aliphatic rings. The van der Waals surface area contributed by atoms with Crippen LogP contribution in [0.15, 0.2) is 48.5 Å². The van der Waals surface area contributed by atoms with Crippen molar-refractivity contribution in [2.24, 2.45) is 23.5 Å². The Balaban J connectivity index is 1.14. The minimum atomic E-state index is -0.708. The molecule has 3 N–H and O–H groups in total. The van der Waals surface area contributed by atoms with E-state index in [-0.39, 0.29) is 29.2 Å². The molecule has 2 aromatic carbocycles. The molecule has 43 heavy (non-hydrogen) atoms. The molecule has 1 aliphatic carbocycles. The van der Waals surface area contributed by atoms with Gasteiger partial charge in [-0.3, -0.25) is 4.79 Å². The van der Waals surface area contributed by atoms with Gasteiger partial charge < -0.3 is 30.5 Å². The number of hydrogen-bond acceptors (Lipinski definition) is 6. The molecule has 4 fully saturated rings. The molecule has 232 valence electrons. The maximum Gasteiger partial charge on any atom is 0.404 e. The Labute approximate surface area is 254 Å². The van der Waals surface area contributed by atoms with Crippen LogP contribution >= 0.6 is 0 Å². The number of rotatable bonds is 10. The van der Waals surface area contributed by atoms with Crippen LogP contribution in [0.25, 0.3) is 0 Å². The van der Waals surface area contributed by atoms with E-state index in [9.17, 15) is 14.0 Å². The molecule has 3 aliphatic heterocycles. The van der Waals surface area contributed by atoms with Gasteiger partial charge in [0.1, 0.15) is 11.9 Å². The van der Waals surface area contributed by atoms with Crippen molar-refractivity contribution in [3.8, 4) is 0 Å². The second-order valence-electron chi connectivity index (χ2n) is 13.2. The van der Waals surface area contributed by atoms with Crippen molar-refractivity contribution in [1.29, 1.82) is 0 Å². The predicted molar refractivity (Wildman–Crippen MR) is 166 cm³/mol. The van der Waals surface area contributed by atoms with Crippen molar-refractivity contribution in [3.05, 3.63) is 65.5 Å². The van der Waals surface area contributed by atoms with Crippen molar-refractivity contribution >= 4 is 17.7 Å². The van der Waals surface area contributed by atoms with E-state index in [0.29, 0.717) is 17.4 Å². The molecule has 6 rings (SSSR count). The minimum Gasteiger partial charge on any atom is -0.446 e. The van der Waals surface area contributed by atoms with Gasteiger partial charge in [-0.15, -0.1) is 0 Å². The van der Waals surface area contributed by atoms with Crippen LogP contribution in [0.2, 0.25) is 0 Å². The monoisotopic (exact) mass is 591 g/mol. The average Bonchev–Trinajstić information content (AvgIpc) is 3.42. The third kappa shape index (κ3) is 6.25. The number of primary amides is 1. The molecule has 8 nitrogen and oxygen atoms in total. The Morgan fingerprint density at radius 2 is 1.72 bits per heavy atom. The van der Waals surface area contributed by atoms with Gasteiger partial charge in [-0.2, -0.15) is 0 Å². The highest BCUT2D eigenvalue weighted by Gasteiger charge is 2.53.